The molecule has 10 heteroatoms. The molecule has 0 spiro atoms. The number of rotatable bonds is 4. The first-order chi connectivity index (χ1) is 12.6. The Morgan fingerprint density at radius 1 is 1.30 bits per heavy atom. The molecule has 3 rings (SSSR count). The highest BCUT2D eigenvalue weighted by atomic mass is 35.5. The van der Waals surface area contributed by atoms with Gasteiger partial charge in [-0.15, -0.1) is 0 Å². The number of halogens is 4. The van der Waals surface area contributed by atoms with Crippen LogP contribution in [-0.4, -0.2) is 31.3 Å². The number of hydrogen-bond donors (Lipinski definition) is 2. The van der Waals surface area contributed by atoms with E-state index in [1.807, 2.05) is 0 Å². The third-order valence-corrected chi connectivity index (χ3v) is 4.34. The molecular formula is C17H15ClF3N3O3. The van der Waals surface area contributed by atoms with Crippen molar-refractivity contribution in [2.45, 2.75) is 32.7 Å². The lowest BCUT2D eigenvalue weighted by Crippen LogP contribution is -2.20. The molecule has 3 aromatic rings. The van der Waals surface area contributed by atoms with Gasteiger partial charge in [0.25, 0.3) is 0 Å². The predicted molar refractivity (Wildman–Crippen MR) is 91.3 cm³/mol. The summed E-state index contributed by atoms with van der Waals surface area (Å²) in [5, 5.41) is 26.8. The van der Waals surface area contributed by atoms with E-state index in [0.717, 1.165) is 6.20 Å². The molecule has 2 N–H and O–H groups in total. The molecule has 27 heavy (non-hydrogen) atoms. The summed E-state index contributed by atoms with van der Waals surface area (Å²) >= 11 is 6.06. The highest BCUT2D eigenvalue weighted by Crippen LogP contribution is 2.42. The number of benzene rings is 1. The van der Waals surface area contributed by atoms with Crippen LogP contribution >= 0.6 is 11.6 Å². The Bertz CT molecular complexity index is 980. The highest BCUT2D eigenvalue weighted by Gasteiger charge is 2.40. The van der Waals surface area contributed by atoms with Gasteiger partial charge in [0.1, 0.15) is 11.4 Å². The second kappa shape index (κ2) is 6.90. The monoisotopic (exact) mass is 401 g/mol. The second-order valence-corrected chi connectivity index (χ2v) is 6.44. The number of nitrogens with zero attached hydrogens (tertiary/aromatic N) is 3. The standard InChI is InChI=1S/C17H15ClF3N3O3/c1-8(25)7-24-16(17(19,20)21)11(6-22-24)15-9(2)14(23-27-15)10-4-3-5-12(26)13(10)18/h3-6,8,25-26H,7H2,1-2H3/t8-/m0/s1. The first-order valence-corrected chi connectivity index (χ1v) is 8.24. The number of hydrogen-bond acceptors (Lipinski definition) is 5. The van der Waals surface area contributed by atoms with E-state index in [9.17, 15) is 23.4 Å². The third kappa shape index (κ3) is 3.52. The van der Waals surface area contributed by atoms with Crippen LogP contribution in [0.5, 0.6) is 5.75 Å². The van der Waals surface area contributed by atoms with Crippen LogP contribution in [0.3, 0.4) is 0 Å². The maximum Gasteiger partial charge on any atom is 0.433 e. The lowest BCUT2D eigenvalue weighted by molar-refractivity contribution is -0.144. The fourth-order valence-electron chi connectivity index (χ4n) is 2.78. The fraction of sp³-hybridized carbons (Fsp3) is 0.294. The van der Waals surface area contributed by atoms with Crippen molar-refractivity contribution >= 4 is 11.6 Å². The number of aliphatic hydroxyl groups is 1. The van der Waals surface area contributed by atoms with Gasteiger partial charge in [-0.25, -0.2) is 0 Å². The molecule has 0 radical (unpaired) electrons. The Morgan fingerprint density at radius 2 is 2.00 bits per heavy atom. The molecule has 1 aromatic carbocycles. The molecule has 1 atom stereocenters. The van der Waals surface area contributed by atoms with E-state index in [1.165, 1.54) is 26.0 Å². The van der Waals surface area contributed by atoms with Gasteiger partial charge in [0.2, 0.25) is 0 Å². The summed E-state index contributed by atoms with van der Waals surface area (Å²) < 4.78 is 46.7. The molecule has 0 fully saturated rings. The smallest absolute Gasteiger partial charge is 0.433 e. The minimum atomic E-state index is -4.72. The van der Waals surface area contributed by atoms with Gasteiger partial charge in [0.15, 0.2) is 11.5 Å². The zero-order valence-electron chi connectivity index (χ0n) is 14.3. The summed E-state index contributed by atoms with van der Waals surface area (Å²) in [5.74, 6) is -0.299. The predicted octanol–water partition coefficient (Wildman–Crippen LogP) is 4.27. The number of aromatic nitrogens is 3. The zero-order valence-corrected chi connectivity index (χ0v) is 15.0. The van der Waals surface area contributed by atoms with Crippen molar-refractivity contribution in [2.24, 2.45) is 0 Å². The summed E-state index contributed by atoms with van der Waals surface area (Å²) in [6.07, 6.45) is -4.72. The molecule has 0 aliphatic carbocycles. The van der Waals surface area contributed by atoms with Crippen molar-refractivity contribution in [3.8, 4) is 28.3 Å². The summed E-state index contributed by atoms with van der Waals surface area (Å²) in [6.45, 7) is 2.57. The van der Waals surface area contributed by atoms with Gasteiger partial charge in [0, 0.05) is 11.1 Å². The molecule has 0 amide bonds. The molecule has 6 nitrogen and oxygen atoms in total. The number of phenols is 1. The highest BCUT2D eigenvalue weighted by molar-refractivity contribution is 6.34. The molecule has 0 unspecified atom stereocenters. The lowest BCUT2D eigenvalue weighted by atomic mass is 10.0. The normalized spacial score (nSPS) is 13.1. The van der Waals surface area contributed by atoms with Crippen molar-refractivity contribution in [3.05, 3.63) is 40.7 Å². The Kier molecular flexibility index (Phi) is 4.92. The minimum Gasteiger partial charge on any atom is -0.506 e. The Balaban J connectivity index is 2.15. The van der Waals surface area contributed by atoms with E-state index in [-0.39, 0.29) is 34.3 Å². The second-order valence-electron chi connectivity index (χ2n) is 6.06. The van der Waals surface area contributed by atoms with E-state index >= 15 is 0 Å². The van der Waals surface area contributed by atoms with Gasteiger partial charge in [-0.2, -0.15) is 18.3 Å². The molecule has 0 aliphatic heterocycles. The van der Waals surface area contributed by atoms with Crippen LogP contribution < -0.4 is 0 Å². The van der Waals surface area contributed by atoms with Crippen molar-refractivity contribution in [1.29, 1.82) is 0 Å². The summed E-state index contributed by atoms with van der Waals surface area (Å²) in [5.41, 5.74) is -0.493. The summed E-state index contributed by atoms with van der Waals surface area (Å²) in [7, 11) is 0. The van der Waals surface area contributed by atoms with Gasteiger partial charge in [-0.3, -0.25) is 4.68 Å². The first-order valence-electron chi connectivity index (χ1n) is 7.86. The third-order valence-electron chi connectivity index (χ3n) is 3.95. The van der Waals surface area contributed by atoms with Crippen molar-refractivity contribution in [2.75, 3.05) is 0 Å². The topological polar surface area (TPSA) is 84.3 Å². The van der Waals surface area contributed by atoms with Gasteiger partial charge < -0.3 is 14.7 Å². The number of phenolic OH excluding ortho intramolecular Hbond substituents is 1. The summed E-state index contributed by atoms with van der Waals surface area (Å²) in [4.78, 5) is 0. The maximum absolute atomic E-state index is 13.6. The number of alkyl halides is 3. The van der Waals surface area contributed by atoms with Crippen LogP contribution in [0.25, 0.3) is 22.6 Å². The van der Waals surface area contributed by atoms with Crippen LogP contribution in [0.4, 0.5) is 13.2 Å². The van der Waals surface area contributed by atoms with E-state index in [2.05, 4.69) is 10.3 Å². The summed E-state index contributed by atoms with van der Waals surface area (Å²) in [6, 6.07) is 4.48. The van der Waals surface area contributed by atoms with Gasteiger partial charge >= 0.3 is 6.18 Å². The largest absolute Gasteiger partial charge is 0.506 e. The number of aliphatic hydroxyl groups excluding tert-OH is 1. The van der Waals surface area contributed by atoms with Crippen LogP contribution in [0.15, 0.2) is 28.9 Å². The minimum absolute atomic E-state index is 0.0151. The average molecular weight is 402 g/mol. The van der Waals surface area contributed by atoms with Gasteiger partial charge in [0.05, 0.1) is 29.4 Å². The quantitative estimate of drug-likeness (QED) is 0.682. The van der Waals surface area contributed by atoms with Crippen molar-refractivity contribution in [1.82, 2.24) is 14.9 Å². The molecule has 0 saturated heterocycles. The van der Waals surface area contributed by atoms with Crippen molar-refractivity contribution < 1.29 is 27.9 Å². The number of aromatic hydroxyl groups is 1. The SMILES string of the molecule is Cc1c(-c2cccc(O)c2Cl)noc1-c1cnn(C[C@H](C)O)c1C(F)(F)F. The van der Waals surface area contributed by atoms with E-state index in [0.29, 0.717) is 15.8 Å². The van der Waals surface area contributed by atoms with Crippen molar-refractivity contribution in [3.63, 3.8) is 0 Å². The van der Waals surface area contributed by atoms with Crippen LogP contribution in [0.1, 0.15) is 18.2 Å². The van der Waals surface area contributed by atoms with Gasteiger partial charge in [-0.1, -0.05) is 28.9 Å². The van der Waals surface area contributed by atoms with Gasteiger partial charge in [-0.05, 0) is 19.9 Å². The zero-order chi connectivity index (χ0) is 19.9. The van der Waals surface area contributed by atoms with E-state index < -0.39 is 18.0 Å². The average Bonchev–Trinajstić information content (AvgIpc) is 3.13. The molecule has 2 aromatic heterocycles. The lowest BCUT2D eigenvalue weighted by Gasteiger charge is -2.13. The fourth-order valence-corrected chi connectivity index (χ4v) is 3.00. The van der Waals surface area contributed by atoms with E-state index in [4.69, 9.17) is 16.1 Å². The molecule has 2 heterocycles. The van der Waals surface area contributed by atoms with Crippen LogP contribution in [0.2, 0.25) is 5.02 Å². The van der Waals surface area contributed by atoms with Crippen LogP contribution in [0, 0.1) is 6.92 Å². The first kappa shape index (κ1) is 19.2. The van der Waals surface area contributed by atoms with Crippen LogP contribution in [-0.2, 0) is 12.7 Å². The molecule has 0 bridgehead atoms. The molecule has 0 saturated carbocycles. The Hall–Kier alpha value is -2.52. The maximum atomic E-state index is 13.6. The molecular weight excluding hydrogens is 387 g/mol. The molecule has 144 valence electrons. The van der Waals surface area contributed by atoms with E-state index in [1.54, 1.807) is 6.07 Å². The Labute approximate surface area is 156 Å². The molecule has 0 aliphatic rings. The Morgan fingerprint density at radius 3 is 2.63 bits per heavy atom.